The van der Waals surface area contributed by atoms with Crippen LogP contribution in [0, 0.1) is 27.7 Å². The molecule has 0 atom stereocenters. The molecule has 0 fully saturated rings. The third-order valence-electron chi connectivity index (χ3n) is 14.3. The summed E-state index contributed by atoms with van der Waals surface area (Å²) in [5.74, 6) is -8.64. The van der Waals surface area contributed by atoms with Crippen molar-refractivity contribution in [3.63, 3.8) is 0 Å². The number of nitrogens with one attached hydrogen (secondary N) is 4. The molecule has 12 rings (SSSR count). The maximum atomic E-state index is 12.2. The number of aromatic hydroxyl groups is 4. The summed E-state index contributed by atoms with van der Waals surface area (Å²) in [5, 5.41) is 87.8. The Balaban J connectivity index is 0.000000176. The zero-order valence-corrected chi connectivity index (χ0v) is 54.7. The number of rotatable bonds is 20. The number of nitrogens with zero attached hydrogens (tertiary/aromatic N) is 4. The van der Waals surface area contributed by atoms with E-state index >= 15 is 0 Å². The molecule has 0 spiro atoms. The number of para-hydroxylation sites is 4. The minimum Gasteiger partial charge on any atom is -0.505 e. The second kappa shape index (κ2) is 33.9. The number of carboxylic acid groups (broad SMARTS) is 4. The van der Waals surface area contributed by atoms with Gasteiger partial charge in [0.2, 0.25) is 0 Å². The molecule has 4 heterocycles. The SMILES string of the molecule is [2H]C([2H])(NC(=O)c1nc(C)c2cc(Oc3ccccc3)ccc2c1O)C(=O)O.[2H]c1c([2H])c([2H])c(Oc2ccc3c(O)c(C(=O)NCC(=O)O)nc(C)c3c2)c([2H])c1[2H].[2H]c1cc([2H])c(Oc2ccc3c(O)c(C(=O)NCC(=O)O)nc(C)c3c2)c([2H])c1.[2H]c1cccc(Oc2ccc3c(O)c(C(=O)NCC(=O)O)nc(C)c3c2)c1. The van der Waals surface area contributed by atoms with Gasteiger partial charge in [-0.1, -0.05) is 72.7 Å². The zero-order valence-electron chi connectivity index (χ0n) is 65.7. The first-order valence-electron chi connectivity index (χ1n) is 35.8. The Hall–Kier alpha value is -14.4. The van der Waals surface area contributed by atoms with Crippen molar-refractivity contribution in [3.8, 4) is 69.0 Å². The van der Waals surface area contributed by atoms with Crippen molar-refractivity contribution in [2.75, 3.05) is 26.1 Å². The molecule has 528 valence electrons. The van der Waals surface area contributed by atoms with E-state index in [2.05, 4.69) is 35.9 Å². The molecule has 0 unspecified atom stereocenters. The summed E-state index contributed by atoms with van der Waals surface area (Å²) in [4.78, 5) is 107. The number of aromatic nitrogens is 4. The fourth-order valence-electron chi connectivity index (χ4n) is 9.61. The first-order chi connectivity index (χ1) is 54.2. The van der Waals surface area contributed by atoms with Crippen molar-refractivity contribution in [2.24, 2.45) is 0 Å². The van der Waals surface area contributed by atoms with E-state index in [0.29, 0.717) is 89.5 Å². The summed E-state index contributed by atoms with van der Waals surface area (Å²) < 4.78 is 107. The Bertz CT molecular complexity index is 5900. The van der Waals surface area contributed by atoms with Gasteiger partial charge in [-0.3, -0.25) is 38.4 Å². The highest BCUT2D eigenvalue weighted by Gasteiger charge is 2.24. The van der Waals surface area contributed by atoms with Crippen LogP contribution in [0.3, 0.4) is 0 Å². The monoisotopic (exact) mass is 1420 g/mol. The van der Waals surface area contributed by atoms with E-state index in [9.17, 15) is 58.8 Å². The average molecular weight is 1420 g/mol. The first-order valence-corrected chi connectivity index (χ1v) is 30.3. The minimum atomic E-state index is -3.00. The van der Waals surface area contributed by atoms with Crippen LogP contribution in [0.2, 0.25) is 0 Å². The summed E-state index contributed by atoms with van der Waals surface area (Å²) in [6.45, 7) is 1.64. The number of carboxylic acids is 4. The van der Waals surface area contributed by atoms with Gasteiger partial charge in [-0.05, 0) is 149 Å². The van der Waals surface area contributed by atoms with Crippen LogP contribution < -0.4 is 40.2 Å². The molecule has 0 radical (unpaired) electrons. The number of carbonyl (C=O) groups is 8. The van der Waals surface area contributed by atoms with Crippen molar-refractivity contribution in [1.82, 2.24) is 41.2 Å². The van der Waals surface area contributed by atoms with E-state index in [1.165, 1.54) is 42.5 Å². The number of carbonyl (C=O) groups excluding carboxylic acids is 4. The first kappa shape index (κ1) is 59.6. The number of hydrogen-bond acceptors (Lipinski definition) is 20. The Morgan fingerprint density at radius 2 is 0.635 bits per heavy atom. The molecule has 0 aliphatic carbocycles. The van der Waals surface area contributed by atoms with Crippen LogP contribution in [0.5, 0.6) is 69.0 Å². The highest BCUT2D eigenvalue weighted by atomic mass is 16.5. The molecule has 0 saturated heterocycles. The Morgan fingerprint density at radius 1 is 0.327 bits per heavy atom. The molecule has 12 N–H and O–H groups in total. The lowest BCUT2D eigenvalue weighted by Gasteiger charge is -2.12. The summed E-state index contributed by atoms with van der Waals surface area (Å²) in [6.07, 6.45) is 0. The van der Waals surface area contributed by atoms with Gasteiger partial charge in [-0.25, -0.2) is 19.9 Å². The van der Waals surface area contributed by atoms with Crippen LogP contribution in [0.25, 0.3) is 43.1 Å². The number of benzene rings is 8. The fraction of sp³-hybridized carbons (Fsp3) is 0.105. The number of amides is 4. The number of fused-ring (bicyclic) bond motifs is 4. The van der Waals surface area contributed by atoms with Crippen LogP contribution in [0.4, 0.5) is 0 Å². The van der Waals surface area contributed by atoms with Crippen LogP contribution in [0.1, 0.15) is 79.8 Å². The molecule has 104 heavy (non-hydrogen) atoms. The molecule has 4 aromatic heterocycles. The van der Waals surface area contributed by atoms with Gasteiger partial charge in [0.1, 0.15) is 72.1 Å². The van der Waals surface area contributed by atoms with Crippen molar-refractivity contribution >= 4 is 90.6 Å². The molecule has 0 aliphatic rings. The lowest BCUT2D eigenvalue weighted by atomic mass is 10.1. The summed E-state index contributed by atoms with van der Waals surface area (Å²) in [6, 6.07) is 34.2. The number of aliphatic carboxylic acids is 4. The largest absolute Gasteiger partial charge is 0.505 e. The van der Waals surface area contributed by atoms with Crippen molar-refractivity contribution < 1.29 is 113 Å². The van der Waals surface area contributed by atoms with Crippen molar-refractivity contribution in [3.05, 3.63) is 239 Å². The Morgan fingerprint density at radius 3 is 0.962 bits per heavy atom. The molecule has 4 amide bonds. The second-order valence-electron chi connectivity index (χ2n) is 21.5. The van der Waals surface area contributed by atoms with E-state index in [-0.39, 0.29) is 69.3 Å². The topological polar surface area (TPSA) is 435 Å². The molecule has 8 aromatic carbocycles. The highest BCUT2D eigenvalue weighted by molar-refractivity contribution is 6.06. The molecule has 0 saturated carbocycles. The third kappa shape index (κ3) is 19.1. The van der Waals surface area contributed by atoms with Crippen LogP contribution in [-0.2, 0) is 19.2 Å². The van der Waals surface area contributed by atoms with Gasteiger partial charge in [0.05, 0.1) is 15.1 Å². The quantitative estimate of drug-likeness (QED) is 0.0337. The smallest absolute Gasteiger partial charge is 0.322 e. The number of hydrogen-bond donors (Lipinski definition) is 12. The van der Waals surface area contributed by atoms with Gasteiger partial charge in [0.15, 0.2) is 45.8 Å². The van der Waals surface area contributed by atoms with E-state index in [4.69, 9.17) is 54.5 Å². The molecule has 12 aromatic rings. The zero-order chi connectivity index (χ0) is 84.4. The normalized spacial score (nSPS) is 12.1. The summed E-state index contributed by atoms with van der Waals surface area (Å²) >= 11 is 0. The summed E-state index contributed by atoms with van der Waals surface area (Å²) in [5.41, 5.74) is 0.226. The molecular formula is C76H64N8O20. The molecule has 28 nitrogen and oxygen atoms in total. The molecular weight excluding hydrogens is 1340 g/mol. The third-order valence-corrected chi connectivity index (χ3v) is 14.3. The summed E-state index contributed by atoms with van der Waals surface area (Å²) in [7, 11) is 0. The molecule has 0 bridgehead atoms. The molecule has 0 aliphatic heterocycles. The van der Waals surface area contributed by atoms with E-state index in [1.54, 1.807) is 112 Å². The van der Waals surface area contributed by atoms with Crippen LogP contribution in [0.15, 0.2) is 194 Å². The lowest BCUT2D eigenvalue weighted by molar-refractivity contribution is -0.136. The Labute approximate surface area is 605 Å². The highest BCUT2D eigenvalue weighted by Crippen LogP contribution is 2.38. The Kier molecular flexibility index (Phi) is 19.4. The van der Waals surface area contributed by atoms with Gasteiger partial charge >= 0.3 is 23.9 Å². The van der Waals surface area contributed by atoms with Crippen molar-refractivity contribution in [1.29, 1.82) is 0 Å². The van der Waals surface area contributed by atoms with Gasteiger partial charge in [0.25, 0.3) is 23.6 Å². The van der Waals surface area contributed by atoms with Crippen LogP contribution >= 0.6 is 0 Å². The van der Waals surface area contributed by atoms with Gasteiger partial charge < -0.3 is 81.1 Å². The number of pyridine rings is 4. The predicted molar refractivity (Wildman–Crippen MR) is 379 cm³/mol. The van der Waals surface area contributed by atoms with Gasteiger partial charge in [0, 0.05) is 65.9 Å². The number of ether oxygens (including phenoxy) is 4. The van der Waals surface area contributed by atoms with E-state index in [1.807, 2.05) is 18.2 Å². The minimum absolute atomic E-state index is 0.0140. The van der Waals surface area contributed by atoms with Gasteiger partial charge in [-0.2, -0.15) is 0 Å². The average Bonchev–Trinajstić information content (AvgIpc) is 0.790. The fourth-order valence-corrected chi connectivity index (χ4v) is 9.61. The second-order valence-corrected chi connectivity index (χ2v) is 21.5. The maximum Gasteiger partial charge on any atom is 0.322 e. The van der Waals surface area contributed by atoms with Gasteiger partial charge in [-0.15, -0.1) is 0 Å². The van der Waals surface area contributed by atoms with E-state index in [0.717, 1.165) is 0 Å². The lowest BCUT2D eigenvalue weighted by Crippen LogP contribution is -2.30. The van der Waals surface area contributed by atoms with E-state index < -0.39 is 127 Å². The number of aryl methyl sites for hydroxylation is 4. The standard InChI is InChI=1S/4C19H16N2O5/c4*1-11-15-9-13(26-12-5-3-2-4-6-12)7-8-14(15)18(24)17(21-11)19(25)20-10-16(22)23/h4*2-9,24H,10H2,1H3,(H,20,25)(H,22,23)/i2D,3D,4D,5D,6D;2D,5D,6D;10D2;3D. The van der Waals surface area contributed by atoms with Crippen molar-refractivity contribution in [2.45, 2.75) is 27.7 Å². The van der Waals surface area contributed by atoms with Crippen LogP contribution in [-0.4, -0.2) is 134 Å². The maximum absolute atomic E-state index is 12.2. The predicted octanol–water partition coefficient (Wildman–Crippen LogP) is 11.4. The molecule has 28 heteroatoms.